The van der Waals surface area contributed by atoms with Crippen LogP contribution in [-0.2, 0) is 7.05 Å². The number of rotatable bonds is 2. The van der Waals surface area contributed by atoms with Crippen LogP contribution in [0.25, 0.3) is 0 Å². The molecule has 1 aromatic heterocycles. The van der Waals surface area contributed by atoms with Crippen LogP contribution >= 0.6 is 23.2 Å². The number of hydrogen-bond donors (Lipinski definition) is 2. The number of nitrogen functional groups attached to an aromatic ring is 1. The lowest BCUT2D eigenvalue weighted by Crippen LogP contribution is -2.16. The van der Waals surface area contributed by atoms with Crippen molar-refractivity contribution < 1.29 is 4.79 Å². The van der Waals surface area contributed by atoms with Gasteiger partial charge in [0.15, 0.2) is 5.82 Å². The number of aryl methyl sites for hydroxylation is 2. The molecule has 0 aliphatic heterocycles. The average molecular weight is 299 g/mol. The molecule has 1 heterocycles. The Labute approximate surface area is 120 Å². The number of halogens is 2. The minimum absolute atomic E-state index is 0.280. The predicted octanol–water partition coefficient (Wildman–Crippen LogP) is 2.87. The summed E-state index contributed by atoms with van der Waals surface area (Å²) >= 11 is 11.8. The molecule has 0 saturated carbocycles. The van der Waals surface area contributed by atoms with Crippen LogP contribution in [0.1, 0.15) is 16.1 Å². The van der Waals surface area contributed by atoms with E-state index in [9.17, 15) is 4.79 Å². The number of hydrogen-bond acceptors (Lipinski definition) is 3. The molecule has 0 radical (unpaired) electrons. The molecule has 0 saturated heterocycles. The topological polar surface area (TPSA) is 72.9 Å². The summed E-state index contributed by atoms with van der Waals surface area (Å²) in [5, 5.41) is 7.55. The van der Waals surface area contributed by atoms with Crippen LogP contribution in [0.5, 0.6) is 0 Å². The Morgan fingerprint density at radius 1 is 1.42 bits per heavy atom. The molecule has 5 nitrogen and oxygen atoms in total. The molecule has 19 heavy (non-hydrogen) atoms. The molecule has 7 heteroatoms. The van der Waals surface area contributed by atoms with Gasteiger partial charge < -0.3 is 11.1 Å². The Kier molecular flexibility index (Phi) is 3.68. The normalized spacial score (nSPS) is 10.5. The maximum atomic E-state index is 12.1. The van der Waals surface area contributed by atoms with Gasteiger partial charge >= 0.3 is 0 Å². The van der Waals surface area contributed by atoms with Gasteiger partial charge in [0.1, 0.15) is 0 Å². The maximum absolute atomic E-state index is 12.1. The summed E-state index contributed by atoms with van der Waals surface area (Å²) in [6.07, 6.45) is 0. The van der Waals surface area contributed by atoms with E-state index in [1.807, 2.05) is 0 Å². The van der Waals surface area contributed by atoms with Crippen molar-refractivity contribution in [1.29, 1.82) is 0 Å². The first-order valence-electron chi connectivity index (χ1n) is 5.45. The molecule has 2 aromatic rings. The highest BCUT2D eigenvalue weighted by molar-refractivity contribution is 6.37. The van der Waals surface area contributed by atoms with E-state index in [0.29, 0.717) is 27.8 Å². The molecule has 2 rings (SSSR count). The molecule has 0 aliphatic carbocycles. The molecule has 0 bridgehead atoms. The van der Waals surface area contributed by atoms with Gasteiger partial charge in [0.25, 0.3) is 5.91 Å². The number of carbonyl (C=O) groups is 1. The minimum Gasteiger partial charge on any atom is -0.394 e. The zero-order chi connectivity index (χ0) is 14.2. The van der Waals surface area contributed by atoms with Crippen molar-refractivity contribution in [3.05, 3.63) is 39.5 Å². The van der Waals surface area contributed by atoms with E-state index in [1.165, 1.54) is 10.7 Å². The third-order valence-electron chi connectivity index (χ3n) is 2.68. The van der Waals surface area contributed by atoms with Crippen LogP contribution in [0.2, 0.25) is 10.0 Å². The zero-order valence-electron chi connectivity index (χ0n) is 10.4. The van der Waals surface area contributed by atoms with E-state index in [0.717, 1.165) is 0 Å². The number of amides is 1. The third-order valence-corrected chi connectivity index (χ3v) is 3.22. The van der Waals surface area contributed by atoms with Gasteiger partial charge in [0, 0.05) is 12.1 Å². The molecular weight excluding hydrogens is 287 g/mol. The molecule has 0 spiro atoms. The van der Waals surface area contributed by atoms with Gasteiger partial charge in [0.05, 0.1) is 22.0 Å². The summed E-state index contributed by atoms with van der Waals surface area (Å²) in [7, 11) is 1.70. The summed E-state index contributed by atoms with van der Waals surface area (Å²) in [6, 6.07) is 4.66. The van der Waals surface area contributed by atoms with E-state index in [2.05, 4.69) is 10.4 Å². The molecule has 0 atom stereocenters. The van der Waals surface area contributed by atoms with Crippen LogP contribution in [0.15, 0.2) is 18.2 Å². The summed E-state index contributed by atoms with van der Waals surface area (Å²) < 4.78 is 1.51. The fourth-order valence-corrected chi connectivity index (χ4v) is 2.17. The minimum atomic E-state index is -0.364. The SMILES string of the molecule is Cc1nn(C)c(NC(=O)c2ccc(Cl)cc2Cl)c1N. The molecular formula is C12H12Cl2N4O. The Bertz CT molecular complexity index is 651. The monoisotopic (exact) mass is 298 g/mol. The van der Waals surface area contributed by atoms with Crippen molar-refractivity contribution >= 4 is 40.6 Å². The van der Waals surface area contributed by atoms with Gasteiger partial charge in [-0.25, -0.2) is 0 Å². The van der Waals surface area contributed by atoms with Crippen LogP contribution in [-0.4, -0.2) is 15.7 Å². The fraction of sp³-hybridized carbons (Fsp3) is 0.167. The molecule has 1 aromatic carbocycles. The highest BCUT2D eigenvalue weighted by atomic mass is 35.5. The van der Waals surface area contributed by atoms with E-state index < -0.39 is 0 Å². The van der Waals surface area contributed by atoms with Gasteiger partial charge in [-0.1, -0.05) is 23.2 Å². The van der Waals surface area contributed by atoms with E-state index in [4.69, 9.17) is 28.9 Å². The van der Waals surface area contributed by atoms with E-state index in [-0.39, 0.29) is 10.9 Å². The van der Waals surface area contributed by atoms with Gasteiger partial charge in [-0.2, -0.15) is 5.10 Å². The maximum Gasteiger partial charge on any atom is 0.258 e. The van der Waals surface area contributed by atoms with Crippen molar-refractivity contribution in [2.75, 3.05) is 11.1 Å². The largest absolute Gasteiger partial charge is 0.394 e. The van der Waals surface area contributed by atoms with Crippen LogP contribution in [0.3, 0.4) is 0 Å². The van der Waals surface area contributed by atoms with Crippen LogP contribution in [0, 0.1) is 6.92 Å². The Balaban J connectivity index is 2.31. The van der Waals surface area contributed by atoms with Gasteiger partial charge in [0.2, 0.25) is 0 Å². The lowest BCUT2D eigenvalue weighted by molar-refractivity contribution is 0.102. The lowest BCUT2D eigenvalue weighted by atomic mass is 10.2. The predicted molar refractivity (Wildman–Crippen MR) is 76.8 cm³/mol. The lowest BCUT2D eigenvalue weighted by Gasteiger charge is -2.08. The van der Waals surface area contributed by atoms with Crippen molar-refractivity contribution in [3.63, 3.8) is 0 Å². The zero-order valence-corrected chi connectivity index (χ0v) is 11.9. The molecule has 1 amide bonds. The number of aromatic nitrogens is 2. The molecule has 0 aliphatic rings. The number of anilines is 2. The van der Waals surface area contributed by atoms with Crippen LogP contribution < -0.4 is 11.1 Å². The van der Waals surface area contributed by atoms with E-state index >= 15 is 0 Å². The first-order valence-corrected chi connectivity index (χ1v) is 6.21. The number of carbonyl (C=O) groups excluding carboxylic acids is 1. The number of nitrogens with two attached hydrogens (primary N) is 1. The number of nitrogens with one attached hydrogen (secondary N) is 1. The number of benzene rings is 1. The summed E-state index contributed by atoms with van der Waals surface area (Å²) in [5.74, 6) is 0.0740. The van der Waals surface area contributed by atoms with Crippen molar-refractivity contribution in [3.8, 4) is 0 Å². The first-order chi connectivity index (χ1) is 8.90. The van der Waals surface area contributed by atoms with E-state index in [1.54, 1.807) is 26.1 Å². The summed E-state index contributed by atoms with van der Waals surface area (Å²) in [5.41, 5.74) is 7.25. The molecule has 0 unspecified atom stereocenters. The summed E-state index contributed by atoms with van der Waals surface area (Å²) in [4.78, 5) is 12.1. The highest BCUT2D eigenvalue weighted by Gasteiger charge is 2.16. The smallest absolute Gasteiger partial charge is 0.258 e. The Morgan fingerprint density at radius 3 is 2.63 bits per heavy atom. The quantitative estimate of drug-likeness (QED) is 0.895. The summed E-state index contributed by atoms with van der Waals surface area (Å²) in [6.45, 7) is 1.76. The van der Waals surface area contributed by atoms with Crippen molar-refractivity contribution in [2.24, 2.45) is 7.05 Å². The van der Waals surface area contributed by atoms with Crippen molar-refractivity contribution in [2.45, 2.75) is 6.92 Å². The second kappa shape index (κ2) is 5.11. The standard InChI is InChI=1S/C12H12Cl2N4O/c1-6-10(15)11(18(2)17-6)16-12(19)8-4-3-7(13)5-9(8)14/h3-5H,15H2,1-2H3,(H,16,19). The van der Waals surface area contributed by atoms with Gasteiger partial charge in [-0.05, 0) is 25.1 Å². The number of nitrogens with zero attached hydrogens (tertiary/aromatic N) is 2. The fourth-order valence-electron chi connectivity index (χ4n) is 1.67. The van der Waals surface area contributed by atoms with Gasteiger partial charge in [-0.3, -0.25) is 9.48 Å². The van der Waals surface area contributed by atoms with Crippen molar-refractivity contribution in [1.82, 2.24) is 9.78 Å². The second-order valence-corrected chi connectivity index (χ2v) is 4.89. The average Bonchev–Trinajstić information content (AvgIpc) is 2.56. The molecule has 100 valence electrons. The second-order valence-electron chi connectivity index (χ2n) is 4.05. The molecule has 0 fully saturated rings. The third kappa shape index (κ3) is 2.67. The van der Waals surface area contributed by atoms with Gasteiger partial charge in [-0.15, -0.1) is 0 Å². The Morgan fingerprint density at radius 2 is 2.11 bits per heavy atom. The molecule has 3 N–H and O–H groups in total. The first kappa shape index (κ1) is 13.7. The highest BCUT2D eigenvalue weighted by Crippen LogP contribution is 2.25. The Hall–Kier alpha value is -1.72. The van der Waals surface area contributed by atoms with Crippen LogP contribution in [0.4, 0.5) is 11.5 Å².